The second-order valence-electron chi connectivity index (χ2n) is 14.9. The van der Waals surface area contributed by atoms with Crippen LogP contribution in [0.3, 0.4) is 0 Å². The lowest BCUT2D eigenvalue weighted by atomic mass is 9.85. The van der Waals surface area contributed by atoms with Gasteiger partial charge in [0.25, 0.3) is 0 Å². The number of rotatable bonds is 3. The van der Waals surface area contributed by atoms with Crippen LogP contribution in [0, 0.1) is 0 Å². The first kappa shape index (κ1) is 31.8. The van der Waals surface area contributed by atoms with Gasteiger partial charge in [0.15, 0.2) is 0 Å². The van der Waals surface area contributed by atoms with Gasteiger partial charge >= 0.3 is 0 Å². The summed E-state index contributed by atoms with van der Waals surface area (Å²) in [6.07, 6.45) is 11.0. The minimum atomic E-state index is -1.11. The van der Waals surface area contributed by atoms with Crippen molar-refractivity contribution in [1.82, 2.24) is 0 Å². The first-order chi connectivity index (χ1) is 26.0. The minimum Gasteiger partial charge on any atom is -0.216 e. The zero-order chi connectivity index (χ0) is 35.5. The van der Waals surface area contributed by atoms with E-state index in [1.165, 1.54) is 97.4 Å². The molecule has 0 unspecified atom stereocenters. The van der Waals surface area contributed by atoms with Crippen molar-refractivity contribution >= 4 is 65.3 Å². The van der Waals surface area contributed by atoms with Gasteiger partial charge in [-0.1, -0.05) is 152 Å². The van der Waals surface area contributed by atoms with Gasteiger partial charge in [-0.25, -0.2) is 10.0 Å². The van der Waals surface area contributed by atoms with E-state index in [1.54, 1.807) is 0 Å². The van der Waals surface area contributed by atoms with Crippen LogP contribution in [0.4, 0.5) is 0 Å². The number of hydrogen-bond acceptors (Lipinski definition) is 0. The summed E-state index contributed by atoms with van der Waals surface area (Å²) in [5.74, 6) is 1.01. The highest BCUT2D eigenvalue weighted by molar-refractivity contribution is 8.33. The largest absolute Gasteiger partial charge is 0.216 e. The zero-order valence-corrected chi connectivity index (χ0v) is 31.0. The van der Waals surface area contributed by atoms with E-state index in [0.29, 0.717) is 0 Å². The van der Waals surface area contributed by atoms with Gasteiger partial charge in [0, 0.05) is 0 Å². The average molecular weight is 697 g/mol. The molecule has 0 saturated carbocycles. The van der Waals surface area contributed by atoms with Crippen LogP contribution < -0.4 is 10.4 Å². The smallest absolute Gasteiger partial charge is 0.000346 e. The maximum Gasteiger partial charge on any atom is -0.000346 e. The highest BCUT2D eigenvalue weighted by atomic mass is 32.3. The van der Waals surface area contributed by atoms with E-state index < -0.39 is 10.0 Å². The summed E-state index contributed by atoms with van der Waals surface area (Å²) in [6.45, 7) is 0. The Labute approximate surface area is 312 Å². The Morgan fingerprint density at radius 3 is 1.45 bits per heavy atom. The fraction of sp³-hybridized carbons (Fsp3) is 0.0769. The summed E-state index contributed by atoms with van der Waals surface area (Å²) in [6, 6.07) is 63.5. The van der Waals surface area contributed by atoms with E-state index in [9.17, 15) is 0 Å². The Hall–Kier alpha value is -5.89. The lowest BCUT2D eigenvalue weighted by Gasteiger charge is -2.32. The van der Waals surface area contributed by atoms with E-state index in [2.05, 4.69) is 195 Å². The third kappa shape index (κ3) is 5.55. The molecule has 0 aromatic heterocycles. The molecule has 254 valence electrons. The van der Waals surface area contributed by atoms with Gasteiger partial charge in [-0.15, -0.1) is 0 Å². The highest BCUT2D eigenvalue weighted by Crippen LogP contribution is 2.51. The topological polar surface area (TPSA) is 0 Å². The van der Waals surface area contributed by atoms with Crippen molar-refractivity contribution in [3.63, 3.8) is 0 Å². The molecule has 0 radical (unpaired) electrons. The van der Waals surface area contributed by atoms with Crippen LogP contribution in [-0.4, -0.2) is 18.3 Å². The minimum absolute atomic E-state index is 0.895. The predicted octanol–water partition coefficient (Wildman–Crippen LogP) is 12.5. The third-order valence-electron chi connectivity index (χ3n) is 11.3. The van der Waals surface area contributed by atoms with E-state index >= 15 is 0 Å². The van der Waals surface area contributed by atoms with Crippen LogP contribution in [0.25, 0.3) is 88.6 Å². The molecule has 0 aliphatic carbocycles. The zero-order valence-electron chi connectivity index (χ0n) is 30.1. The quantitative estimate of drug-likeness (QED) is 0.172. The summed E-state index contributed by atoms with van der Waals surface area (Å²) < 4.78 is 0. The molecule has 0 fully saturated rings. The van der Waals surface area contributed by atoms with Gasteiger partial charge in [0.05, 0.1) is 0 Å². The molecule has 0 bridgehead atoms. The maximum atomic E-state index is 2.60. The van der Waals surface area contributed by atoms with Crippen LogP contribution in [0.15, 0.2) is 175 Å². The van der Waals surface area contributed by atoms with Gasteiger partial charge in [-0.2, -0.15) is 0 Å². The molecule has 9 aromatic carbocycles. The van der Waals surface area contributed by atoms with Gasteiger partial charge in [0.2, 0.25) is 0 Å². The lowest BCUT2D eigenvalue weighted by molar-refractivity contribution is 1.21. The molecule has 0 nitrogen and oxygen atoms in total. The van der Waals surface area contributed by atoms with E-state index in [4.69, 9.17) is 0 Å². The highest BCUT2D eigenvalue weighted by Gasteiger charge is 2.21. The van der Waals surface area contributed by atoms with Gasteiger partial charge < -0.3 is 0 Å². The van der Waals surface area contributed by atoms with Gasteiger partial charge in [-0.3, -0.25) is 0 Å². The Bertz CT molecular complexity index is 3040. The Balaban J connectivity index is 1.36. The number of fused-ring (bicyclic) bond motifs is 6. The Morgan fingerprint density at radius 2 is 0.830 bits per heavy atom. The monoisotopic (exact) mass is 696 g/mol. The normalized spacial score (nSPS) is 15.7. The van der Waals surface area contributed by atoms with E-state index in [1.807, 2.05) is 0 Å². The molecule has 10 rings (SSSR count). The molecule has 0 spiro atoms. The van der Waals surface area contributed by atoms with Crippen molar-refractivity contribution in [2.45, 2.75) is 11.3 Å². The van der Waals surface area contributed by atoms with Crippen molar-refractivity contribution in [3.8, 4) is 33.4 Å². The Morgan fingerprint density at radius 1 is 0.377 bits per heavy atom. The molecule has 9 aromatic rings. The molecule has 1 aliphatic rings. The Kier molecular flexibility index (Phi) is 7.60. The van der Waals surface area contributed by atoms with E-state index in [0.717, 1.165) is 12.2 Å². The van der Waals surface area contributed by atoms with Gasteiger partial charge in [0.1, 0.15) is 0 Å². The number of benzene rings is 9. The summed E-state index contributed by atoms with van der Waals surface area (Å²) in [7, 11) is -1.11. The first-order valence-corrected chi connectivity index (χ1v) is 21.2. The SMILES string of the molecule is CS1(C)C/C=c2/c(-c3ccc4ccccc4c3)c3cc(-c4ccc5ccccc5c4)ccc3c(-c3ccc4ccccc4c3)/c2=C/Cc2ccccc21. The van der Waals surface area contributed by atoms with Crippen LogP contribution in [0.2, 0.25) is 0 Å². The molecule has 0 N–H and O–H groups in total. The molecular weight excluding hydrogens is 657 g/mol. The van der Waals surface area contributed by atoms with Crippen molar-refractivity contribution in [2.24, 2.45) is 0 Å². The van der Waals surface area contributed by atoms with Crippen molar-refractivity contribution in [2.75, 3.05) is 18.3 Å². The summed E-state index contributed by atoms with van der Waals surface area (Å²) in [5.41, 5.74) is 9.08. The van der Waals surface area contributed by atoms with Crippen molar-refractivity contribution in [1.29, 1.82) is 0 Å². The molecule has 0 saturated heterocycles. The van der Waals surface area contributed by atoms with Crippen LogP contribution in [-0.2, 0) is 6.42 Å². The average Bonchev–Trinajstić information content (AvgIpc) is 3.26. The molecule has 1 heteroatoms. The standard InChI is InChI=1S/C52H40S/c1-53(2)30-29-48-46(27-25-38-14-9-10-18-50(38)53)51(44-23-20-36-12-4-7-16-40(36)32-44)47-28-26-43(42-22-19-35-11-3-6-15-39(35)31-42)34-49(47)52(48)45-24-21-37-13-5-8-17-41(37)33-45/h3-24,26-29,31-34H,25,30H2,1-2H3/b46-27+,48-29+. The van der Waals surface area contributed by atoms with E-state index in [-0.39, 0.29) is 0 Å². The molecular formula is C52H40S. The molecule has 1 aliphatic heterocycles. The van der Waals surface area contributed by atoms with Crippen LogP contribution in [0.1, 0.15) is 5.56 Å². The van der Waals surface area contributed by atoms with Crippen molar-refractivity contribution < 1.29 is 0 Å². The number of hydrogen-bond donors (Lipinski definition) is 0. The van der Waals surface area contributed by atoms with Gasteiger partial charge in [-0.05, 0) is 152 Å². The second kappa shape index (κ2) is 12.7. The first-order valence-electron chi connectivity index (χ1n) is 18.6. The maximum absolute atomic E-state index is 2.60. The van der Waals surface area contributed by atoms with Crippen molar-refractivity contribution in [3.05, 3.63) is 186 Å². The predicted molar refractivity (Wildman–Crippen MR) is 234 cm³/mol. The summed E-state index contributed by atoms with van der Waals surface area (Å²) in [5, 5.41) is 12.9. The van der Waals surface area contributed by atoms with Crippen LogP contribution in [0.5, 0.6) is 0 Å². The molecule has 0 amide bonds. The lowest BCUT2D eigenvalue weighted by Crippen LogP contribution is -2.30. The fourth-order valence-corrected chi connectivity index (χ4v) is 10.7. The summed E-state index contributed by atoms with van der Waals surface area (Å²) >= 11 is 0. The molecule has 1 heterocycles. The third-order valence-corrected chi connectivity index (χ3v) is 13.9. The molecule has 0 atom stereocenters. The summed E-state index contributed by atoms with van der Waals surface area (Å²) in [4.78, 5) is 1.52. The molecule has 53 heavy (non-hydrogen) atoms. The second-order valence-corrected chi connectivity index (χ2v) is 18.8. The fourth-order valence-electron chi connectivity index (χ4n) is 8.62. The van der Waals surface area contributed by atoms with Crippen LogP contribution >= 0.6 is 10.0 Å².